The van der Waals surface area contributed by atoms with E-state index in [1.165, 1.54) is 24.2 Å². The average molecular weight is 309 g/mol. The zero-order valence-electron chi connectivity index (χ0n) is 12.4. The van der Waals surface area contributed by atoms with Crippen molar-refractivity contribution in [2.75, 3.05) is 30.7 Å². The van der Waals surface area contributed by atoms with Gasteiger partial charge in [0.2, 0.25) is 0 Å². The fourth-order valence-electron chi connectivity index (χ4n) is 2.73. The second-order valence-corrected chi connectivity index (χ2v) is 6.84. The highest BCUT2D eigenvalue weighted by Gasteiger charge is 2.35. The summed E-state index contributed by atoms with van der Waals surface area (Å²) in [6, 6.07) is 1.01. The molecule has 21 heavy (non-hydrogen) atoms. The van der Waals surface area contributed by atoms with Crippen molar-refractivity contribution >= 4 is 28.2 Å². The van der Waals surface area contributed by atoms with E-state index in [4.69, 9.17) is 5.73 Å². The highest BCUT2D eigenvalue weighted by atomic mass is 32.1. The van der Waals surface area contributed by atoms with Gasteiger partial charge >= 0.3 is 0 Å². The van der Waals surface area contributed by atoms with Gasteiger partial charge in [0.05, 0.1) is 0 Å². The Morgan fingerprint density at radius 3 is 3.00 bits per heavy atom. The quantitative estimate of drug-likeness (QED) is 0.742. The van der Waals surface area contributed by atoms with Crippen molar-refractivity contribution in [3.63, 3.8) is 0 Å². The fourth-order valence-corrected chi connectivity index (χ4v) is 3.54. The number of carbonyl (C=O) groups is 1. The number of nitrogens with zero attached hydrogens (tertiary/aromatic N) is 2. The molecule has 2 heterocycles. The molecular weight excluding hydrogens is 286 g/mol. The number of hydrogen-bond donors (Lipinski definition) is 3. The van der Waals surface area contributed by atoms with E-state index < -0.39 is 0 Å². The third kappa shape index (κ3) is 3.47. The lowest BCUT2D eigenvalue weighted by atomic mass is 10.2. The Morgan fingerprint density at radius 1 is 1.48 bits per heavy atom. The van der Waals surface area contributed by atoms with Crippen LogP contribution >= 0.6 is 11.3 Å². The second kappa shape index (κ2) is 6.19. The summed E-state index contributed by atoms with van der Waals surface area (Å²) >= 11 is 1.34. The van der Waals surface area contributed by atoms with E-state index in [1.54, 1.807) is 0 Å². The Labute approximate surface area is 129 Å². The summed E-state index contributed by atoms with van der Waals surface area (Å²) in [4.78, 5) is 19.6. The Bertz CT molecular complexity index is 513. The van der Waals surface area contributed by atoms with Crippen molar-refractivity contribution in [1.82, 2.24) is 15.2 Å². The van der Waals surface area contributed by atoms with Gasteiger partial charge in [-0.05, 0) is 25.7 Å². The molecular formula is C14H23N5OS. The van der Waals surface area contributed by atoms with E-state index in [-0.39, 0.29) is 11.9 Å². The number of aromatic nitrogens is 1. The minimum absolute atomic E-state index is 0.0859. The van der Waals surface area contributed by atoms with E-state index in [0.29, 0.717) is 10.7 Å². The van der Waals surface area contributed by atoms with Crippen LogP contribution in [0.1, 0.15) is 42.3 Å². The fraction of sp³-hybridized carbons (Fsp3) is 0.714. The molecule has 4 N–H and O–H groups in total. The SMILES string of the molecule is CCCNc1nc(N)c(C(=O)NC2CCN(C3CC3)C2)s1. The number of likely N-dealkylation sites (tertiary alicyclic amines) is 1. The molecule has 0 aromatic carbocycles. The van der Waals surface area contributed by atoms with Crippen LogP contribution in [0.15, 0.2) is 0 Å². The normalized spacial score (nSPS) is 22.4. The molecule has 0 radical (unpaired) electrons. The Hall–Kier alpha value is -1.34. The van der Waals surface area contributed by atoms with E-state index >= 15 is 0 Å². The third-order valence-electron chi connectivity index (χ3n) is 4.00. The number of carbonyl (C=O) groups excluding carboxylic acids is 1. The number of thiazole rings is 1. The molecule has 1 aromatic heterocycles. The summed E-state index contributed by atoms with van der Waals surface area (Å²) in [5.74, 6) is 0.241. The first kappa shape index (κ1) is 14.6. The van der Waals surface area contributed by atoms with Crippen LogP contribution in [0.2, 0.25) is 0 Å². The first-order valence-electron chi connectivity index (χ1n) is 7.72. The summed E-state index contributed by atoms with van der Waals surface area (Å²) < 4.78 is 0. The van der Waals surface area contributed by atoms with Gasteiger partial charge in [0, 0.05) is 31.7 Å². The zero-order valence-corrected chi connectivity index (χ0v) is 13.2. The molecule has 2 aliphatic rings. The number of anilines is 2. The molecule has 116 valence electrons. The van der Waals surface area contributed by atoms with Crippen LogP contribution in [0.5, 0.6) is 0 Å². The first-order chi connectivity index (χ1) is 10.2. The standard InChI is InChI=1S/C14H23N5OS/c1-2-6-16-14-18-12(15)11(21-14)13(20)17-9-5-7-19(8-9)10-3-4-10/h9-10H,2-8,15H2,1H3,(H,16,18)(H,17,20). The highest BCUT2D eigenvalue weighted by molar-refractivity contribution is 7.18. The third-order valence-corrected chi connectivity index (χ3v) is 5.03. The molecule has 0 bridgehead atoms. The van der Waals surface area contributed by atoms with Gasteiger partial charge in [-0.1, -0.05) is 18.3 Å². The molecule has 1 aromatic rings. The van der Waals surface area contributed by atoms with Crippen molar-refractivity contribution < 1.29 is 4.79 Å². The molecule has 7 heteroatoms. The van der Waals surface area contributed by atoms with Crippen LogP contribution < -0.4 is 16.4 Å². The van der Waals surface area contributed by atoms with E-state index in [9.17, 15) is 4.79 Å². The van der Waals surface area contributed by atoms with Crippen molar-refractivity contribution in [1.29, 1.82) is 0 Å². The van der Waals surface area contributed by atoms with Crippen molar-refractivity contribution in [2.45, 2.75) is 44.7 Å². The molecule has 1 unspecified atom stereocenters. The maximum Gasteiger partial charge on any atom is 0.265 e. The largest absolute Gasteiger partial charge is 0.382 e. The Kier molecular flexibility index (Phi) is 4.30. The molecule has 6 nitrogen and oxygen atoms in total. The molecule has 1 saturated heterocycles. The summed E-state index contributed by atoms with van der Waals surface area (Å²) in [5, 5.41) is 7.00. The van der Waals surface area contributed by atoms with Gasteiger partial charge in [-0.3, -0.25) is 9.69 Å². The van der Waals surface area contributed by atoms with E-state index in [1.807, 2.05) is 0 Å². The van der Waals surface area contributed by atoms with Crippen LogP contribution in [0.4, 0.5) is 10.9 Å². The van der Waals surface area contributed by atoms with Crippen LogP contribution in [0.3, 0.4) is 0 Å². The van der Waals surface area contributed by atoms with Crippen molar-refractivity contribution in [3.05, 3.63) is 4.88 Å². The maximum absolute atomic E-state index is 12.3. The van der Waals surface area contributed by atoms with Crippen molar-refractivity contribution in [3.8, 4) is 0 Å². The lowest BCUT2D eigenvalue weighted by Gasteiger charge is -2.15. The number of hydrogen-bond acceptors (Lipinski definition) is 6. The molecule has 1 amide bonds. The summed E-state index contributed by atoms with van der Waals surface area (Å²) in [6.45, 7) is 4.99. The summed E-state index contributed by atoms with van der Waals surface area (Å²) in [7, 11) is 0. The lowest BCUT2D eigenvalue weighted by Crippen LogP contribution is -2.37. The smallest absolute Gasteiger partial charge is 0.265 e. The van der Waals surface area contributed by atoms with Gasteiger partial charge in [0.15, 0.2) is 5.13 Å². The summed E-state index contributed by atoms with van der Waals surface area (Å²) in [5.41, 5.74) is 5.86. The van der Waals surface area contributed by atoms with Gasteiger partial charge in [-0.25, -0.2) is 4.98 Å². The zero-order chi connectivity index (χ0) is 14.8. The van der Waals surface area contributed by atoms with Gasteiger partial charge in [0.1, 0.15) is 10.7 Å². The predicted octanol–water partition coefficient (Wildman–Crippen LogP) is 1.51. The van der Waals surface area contributed by atoms with Crippen LogP contribution in [0.25, 0.3) is 0 Å². The number of nitrogen functional groups attached to an aromatic ring is 1. The molecule has 1 aliphatic heterocycles. The minimum atomic E-state index is -0.0859. The molecule has 3 rings (SSSR count). The number of rotatable bonds is 6. The van der Waals surface area contributed by atoms with Gasteiger partial charge in [-0.15, -0.1) is 0 Å². The first-order valence-corrected chi connectivity index (χ1v) is 8.54. The van der Waals surface area contributed by atoms with Gasteiger partial charge in [0.25, 0.3) is 5.91 Å². The number of amides is 1. The molecule has 2 fully saturated rings. The van der Waals surface area contributed by atoms with E-state index in [0.717, 1.165) is 43.6 Å². The van der Waals surface area contributed by atoms with Crippen LogP contribution in [-0.4, -0.2) is 47.5 Å². The van der Waals surface area contributed by atoms with Crippen LogP contribution in [-0.2, 0) is 0 Å². The minimum Gasteiger partial charge on any atom is -0.382 e. The number of nitrogens with two attached hydrogens (primary N) is 1. The highest BCUT2D eigenvalue weighted by Crippen LogP contribution is 2.30. The Balaban J connectivity index is 1.56. The van der Waals surface area contributed by atoms with E-state index in [2.05, 4.69) is 27.4 Å². The van der Waals surface area contributed by atoms with Gasteiger partial charge in [-0.2, -0.15) is 0 Å². The Morgan fingerprint density at radius 2 is 2.29 bits per heavy atom. The molecule has 0 spiro atoms. The number of nitrogens with one attached hydrogen (secondary N) is 2. The predicted molar refractivity (Wildman–Crippen MR) is 85.8 cm³/mol. The topological polar surface area (TPSA) is 83.3 Å². The van der Waals surface area contributed by atoms with Crippen LogP contribution in [0, 0.1) is 0 Å². The van der Waals surface area contributed by atoms with Gasteiger partial charge < -0.3 is 16.4 Å². The second-order valence-electron chi connectivity index (χ2n) is 5.85. The molecule has 1 aliphatic carbocycles. The molecule has 1 atom stereocenters. The summed E-state index contributed by atoms with van der Waals surface area (Å²) in [6.07, 6.45) is 4.67. The van der Waals surface area contributed by atoms with Crippen molar-refractivity contribution in [2.24, 2.45) is 0 Å². The lowest BCUT2D eigenvalue weighted by molar-refractivity contribution is 0.0942. The molecule has 1 saturated carbocycles. The average Bonchev–Trinajstić information content (AvgIpc) is 3.10. The maximum atomic E-state index is 12.3. The monoisotopic (exact) mass is 309 g/mol.